The number of aromatic nitrogens is 2. The molecule has 1 aromatic heterocycles. The van der Waals surface area contributed by atoms with Crippen molar-refractivity contribution in [2.45, 2.75) is 13.3 Å². The molecule has 0 radical (unpaired) electrons. The molecular formula is C13H10Cl2N2O2. The van der Waals surface area contributed by atoms with Crippen molar-refractivity contribution in [2.24, 2.45) is 0 Å². The van der Waals surface area contributed by atoms with Gasteiger partial charge < -0.3 is 0 Å². The molecule has 0 spiro atoms. The van der Waals surface area contributed by atoms with Crippen LogP contribution in [-0.4, -0.2) is 16.1 Å². The van der Waals surface area contributed by atoms with Crippen molar-refractivity contribution in [1.82, 2.24) is 9.97 Å². The topological polar surface area (TPSA) is 59.9 Å². The van der Waals surface area contributed by atoms with Crippen LogP contribution in [0.5, 0.6) is 0 Å². The van der Waals surface area contributed by atoms with Crippen LogP contribution in [0.3, 0.4) is 0 Å². The summed E-state index contributed by atoms with van der Waals surface area (Å²) in [5.41, 5.74) is 1.87. The molecule has 0 unspecified atom stereocenters. The molecule has 0 aliphatic carbocycles. The van der Waals surface area contributed by atoms with Gasteiger partial charge in [-0.05, 0) is 30.7 Å². The summed E-state index contributed by atoms with van der Waals surface area (Å²) in [4.78, 5) is 24.8. The van der Waals surface area contributed by atoms with Crippen LogP contribution in [-0.2, 0) is 16.0 Å². The minimum Gasteiger partial charge on any atom is -0.236 e. The fraction of sp³-hybridized carbons (Fsp3) is 0.154. The van der Waals surface area contributed by atoms with Gasteiger partial charge in [0, 0.05) is 22.3 Å². The van der Waals surface area contributed by atoms with Crippen molar-refractivity contribution < 1.29 is 9.59 Å². The van der Waals surface area contributed by atoms with Crippen LogP contribution in [0.4, 0.5) is 0 Å². The van der Waals surface area contributed by atoms with Crippen molar-refractivity contribution in [1.29, 1.82) is 0 Å². The van der Waals surface area contributed by atoms with Crippen LogP contribution in [0, 0.1) is 0 Å². The van der Waals surface area contributed by atoms with E-state index in [1.54, 1.807) is 6.20 Å². The first-order valence-electron chi connectivity index (χ1n) is 5.39. The summed E-state index contributed by atoms with van der Waals surface area (Å²) < 4.78 is 0. The molecular weight excluding hydrogens is 287 g/mol. The highest BCUT2D eigenvalue weighted by Gasteiger charge is 2.05. The maximum absolute atomic E-state index is 8.12. The molecule has 19 heavy (non-hydrogen) atoms. The van der Waals surface area contributed by atoms with Crippen molar-refractivity contribution in [3.05, 3.63) is 46.2 Å². The summed E-state index contributed by atoms with van der Waals surface area (Å²) in [7, 11) is 0. The molecule has 0 fully saturated rings. The van der Waals surface area contributed by atoms with Gasteiger partial charge in [0.05, 0.1) is 0 Å². The zero-order valence-corrected chi connectivity index (χ0v) is 11.6. The Morgan fingerprint density at radius 1 is 1.16 bits per heavy atom. The van der Waals surface area contributed by atoms with Crippen molar-refractivity contribution in [3.63, 3.8) is 0 Å². The van der Waals surface area contributed by atoms with E-state index in [1.165, 1.54) is 0 Å². The number of rotatable bonds is 2. The van der Waals surface area contributed by atoms with Crippen LogP contribution in [0.2, 0.25) is 10.2 Å². The van der Waals surface area contributed by atoms with E-state index in [1.807, 2.05) is 31.2 Å². The Balaban J connectivity index is 0.000000550. The summed E-state index contributed by atoms with van der Waals surface area (Å²) in [6.07, 6.45) is 2.85. The van der Waals surface area contributed by atoms with Gasteiger partial charge in [-0.15, -0.1) is 0 Å². The van der Waals surface area contributed by atoms with Gasteiger partial charge in [0.2, 0.25) is 0 Å². The van der Waals surface area contributed by atoms with Gasteiger partial charge in [0.15, 0.2) is 5.82 Å². The van der Waals surface area contributed by atoms with Crippen LogP contribution < -0.4 is 0 Å². The summed E-state index contributed by atoms with van der Waals surface area (Å²) in [6, 6.07) is 7.36. The largest absolute Gasteiger partial charge is 0.373 e. The maximum Gasteiger partial charge on any atom is 0.373 e. The number of hydrogen-bond donors (Lipinski definition) is 0. The Hall–Kier alpha value is -1.74. The highest BCUT2D eigenvalue weighted by Crippen LogP contribution is 2.21. The third kappa shape index (κ3) is 4.45. The van der Waals surface area contributed by atoms with Gasteiger partial charge in [-0.2, -0.15) is 9.59 Å². The molecule has 2 aromatic rings. The van der Waals surface area contributed by atoms with Gasteiger partial charge in [-0.3, -0.25) is 0 Å². The molecule has 1 heterocycles. The Morgan fingerprint density at radius 2 is 1.74 bits per heavy atom. The normalized spacial score (nSPS) is 9.21. The smallest absolute Gasteiger partial charge is 0.236 e. The Labute approximate surface area is 120 Å². The number of benzene rings is 1. The lowest BCUT2D eigenvalue weighted by atomic mass is 10.2. The molecule has 1 aromatic carbocycles. The van der Waals surface area contributed by atoms with E-state index in [9.17, 15) is 0 Å². The lowest BCUT2D eigenvalue weighted by Gasteiger charge is -2.03. The van der Waals surface area contributed by atoms with E-state index in [4.69, 9.17) is 32.8 Å². The minimum atomic E-state index is 0.250. The van der Waals surface area contributed by atoms with Crippen LogP contribution in [0.25, 0.3) is 11.4 Å². The second-order valence-electron chi connectivity index (χ2n) is 3.45. The fourth-order valence-electron chi connectivity index (χ4n) is 1.36. The minimum absolute atomic E-state index is 0.250. The molecule has 4 nitrogen and oxygen atoms in total. The summed E-state index contributed by atoms with van der Waals surface area (Å²) in [6.45, 7) is 2.02. The lowest BCUT2D eigenvalue weighted by molar-refractivity contribution is -0.191. The third-order valence-electron chi connectivity index (χ3n) is 2.30. The van der Waals surface area contributed by atoms with Crippen LogP contribution >= 0.6 is 23.2 Å². The zero-order valence-electron chi connectivity index (χ0n) is 10.1. The molecule has 0 aliphatic heterocycles. The quantitative estimate of drug-likeness (QED) is 0.797. The van der Waals surface area contributed by atoms with Gasteiger partial charge in [0.1, 0.15) is 5.15 Å². The molecule has 0 amide bonds. The molecule has 0 bridgehead atoms. The number of carbonyl (C=O) groups excluding carboxylic acids is 2. The second-order valence-corrected chi connectivity index (χ2v) is 4.25. The van der Waals surface area contributed by atoms with Gasteiger partial charge in [-0.1, -0.05) is 30.1 Å². The van der Waals surface area contributed by atoms with Gasteiger partial charge >= 0.3 is 6.15 Å². The Bertz CT molecular complexity index is 580. The van der Waals surface area contributed by atoms with Crippen molar-refractivity contribution in [2.75, 3.05) is 0 Å². The molecule has 0 saturated carbocycles. The molecule has 98 valence electrons. The van der Waals surface area contributed by atoms with Crippen LogP contribution in [0.1, 0.15) is 12.5 Å². The van der Waals surface area contributed by atoms with Crippen molar-refractivity contribution >= 4 is 29.4 Å². The van der Waals surface area contributed by atoms with Crippen molar-refractivity contribution in [3.8, 4) is 11.4 Å². The highest BCUT2D eigenvalue weighted by molar-refractivity contribution is 6.30. The summed E-state index contributed by atoms with van der Waals surface area (Å²) in [5, 5.41) is 1.21. The standard InChI is InChI=1S/C12H10Cl2N2.CO2/c1-2-8-7-15-12(16-11(8)14)9-3-5-10(13)6-4-9;2-1-3/h3-7H,2H2,1H3;. The highest BCUT2D eigenvalue weighted by atomic mass is 35.5. The average molecular weight is 297 g/mol. The Morgan fingerprint density at radius 3 is 2.21 bits per heavy atom. The molecule has 6 heteroatoms. The maximum atomic E-state index is 8.12. The van der Waals surface area contributed by atoms with E-state index in [0.717, 1.165) is 17.5 Å². The predicted octanol–water partition coefficient (Wildman–Crippen LogP) is 3.43. The first kappa shape index (κ1) is 15.3. The molecule has 0 saturated heterocycles. The SMILES string of the molecule is CCc1cnc(-c2ccc(Cl)cc2)nc1Cl.O=C=O. The number of nitrogens with zero attached hydrogens (tertiary/aromatic N) is 2. The number of hydrogen-bond acceptors (Lipinski definition) is 4. The molecule has 0 aliphatic rings. The van der Waals surface area contributed by atoms with E-state index in [-0.39, 0.29) is 6.15 Å². The number of aryl methyl sites for hydroxylation is 1. The third-order valence-corrected chi connectivity index (χ3v) is 2.87. The molecule has 0 N–H and O–H groups in total. The molecule has 2 rings (SSSR count). The van der Waals surface area contributed by atoms with Gasteiger partial charge in [0.25, 0.3) is 0 Å². The van der Waals surface area contributed by atoms with Gasteiger partial charge in [-0.25, -0.2) is 9.97 Å². The Kier molecular flexibility index (Phi) is 6.16. The molecule has 0 atom stereocenters. The van der Waals surface area contributed by atoms with E-state index in [0.29, 0.717) is 16.0 Å². The van der Waals surface area contributed by atoms with E-state index in [2.05, 4.69) is 9.97 Å². The fourth-order valence-corrected chi connectivity index (χ4v) is 1.75. The average Bonchev–Trinajstić information content (AvgIpc) is 2.40. The predicted molar refractivity (Wildman–Crippen MR) is 71.9 cm³/mol. The van der Waals surface area contributed by atoms with E-state index >= 15 is 0 Å². The zero-order chi connectivity index (χ0) is 14.3. The summed E-state index contributed by atoms with van der Waals surface area (Å²) in [5.74, 6) is 0.624. The number of halogens is 2. The monoisotopic (exact) mass is 296 g/mol. The first-order chi connectivity index (χ1) is 9.12. The first-order valence-corrected chi connectivity index (χ1v) is 6.14. The second kappa shape index (κ2) is 7.64. The van der Waals surface area contributed by atoms with Crippen LogP contribution in [0.15, 0.2) is 30.5 Å². The lowest BCUT2D eigenvalue weighted by Crippen LogP contribution is -1.93. The van der Waals surface area contributed by atoms with E-state index < -0.39 is 0 Å². The summed E-state index contributed by atoms with van der Waals surface area (Å²) >= 11 is 11.8.